The molecule has 0 bridgehead atoms. The largest absolute Gasteiger partial charge is 0.508 e. The van der Waals surface area contributed by atoms with E-state index in [4.69, 9.17) is 11.6 Å². The van der Waals surface area contributed by atoms with Crippen molar-refractivity contribution in [3.05, 3.63) is 101 Å². The first-order valence-electron chi connectivity index (χ1n) is 12.3. The second kappa shape index (κ2) is 10.7. The van der Waals surface area contributed by atoms with Crippen LogP contribution >= 0.6 is 11.6 Å². The molecule has 10 heteroatoms. The van der Waals surface area contributed by atoms with Gasteiger partial charge in [0.15, 0.2) is 0 Å². The molecule has 196 valence electrons. The summed E-state index contributed by atoms with van der Waals surface area (Å²) in [4.78, 5) is 43.9. The van der Waals surface area contributed by atoms with Gasteiger partial charge in [-0.2, -0.15) is 0 Å². The molecule has 0 unspecified atom stereocenters. The Labute approximate surface area is 225 Å². The van der Waals surface area contributed by atoms with Crippen LogP contribution < -0.4 is 5.32 Å². The summed E-state index contributed by atoms with van der Waals surface area (Å²) in [5, 5.41) is 16.4. The minimum atomic E-state index is -0.959. The number of hydrogen-bond acceptors (Lipinski definition) is 5. The molecule has 0 radical (unpaired) electrons. The van der Waals surface area contributed by atoms with E-state index in [1.165, 1.54) is 22.0 Å². The van der Waals surface area contributed by atoms with E-state index >= 15 is 0 Å². The second-order valence-electron chi connectivity index (χ2n) is 9.43. The first-order valence-corrected chi connectivity index (χ1v) is 12.6. The van der Waals surface area contributed by atoms with Crippen LogP contribution in [0.25, 0.3) is 0 Å². The Balaban J connectivity index is 1.49. The molecule has 2 fully saturated rings. The Morgan fingerprint density at radius 1 is 1.00 bits per heavy atom. The van der Waals surface area contributed by atoms with Gasteiger partial charge >= 0.3 is 6.03 Å². The van der Waals surface area contributed by atoms with Gasteiger partial charge in [-0.3, -0.25) is 9.59 Å². The fraction of sp³-hybridized carbons (Fsp3) is 0.250. The molecule has 2 aliphatic heterocycles. The molecule has 0 aromatic heterocycles. The van der Waals surface area contributed by atoms with Crippen molar-refractivity contribution < 1.29 is 19.5 Å². The number of hydrogen-bond donors (Lipinski definition) is 2. The van der Waals surface area contributed by atoms with E-state index in [0.29, 0.717) is 17.1 Å². The monoisotopic (exact) mass is 533 g/mol. The normalized spacial score (nSPS) is 19.9. The summed E-state index contributed by atoms with van der Waals surface area (Å²) < 4.78 is 0. The van der Waals surface area contributed by atoms with Crippen molar-refractivity contribution in [2.45, 2.75) is 25.3 Å². The molecule has 2 atom stereocenters. The molecule has 2 saturated heterocycles. The number of nitrogens with zero attached hydrogens (tertiary/aromatic N) is 4. The van der Waals surface area contributed by atoms with E-state index in [1.807, 2.05) is 42.5 Å². The average Bonchev–Trinajstić information content (AvgIpc) is 2.90. The van der Waals surface area contributed by atoms with Crippen LogP contribution in [-0.2, 0) is 22.7 Å². The quantitative estimate of drug-likeness (QED) is 0.524. The number of benzene rings is 3. The third-order valence-corrected chi connectivity index (χ3v) is 7.03. The molecule has 9 nitrogen and oxygen atoms in total. The Morgan fingerprint density at radius 3 is 2.42 bits per heavy atom. The highest BCUT2D eigenvalue weighted by molar-refractivity contribution is 6.30. The molecule has 2 heterocycles. The zero-order chi connectivity index (χ0) is 26.8. The van der Waals surface area contributed by atoms with Crippen molar-refractivity contribution in [1.29, 1.82) is 0 Å². The van der Waals surface area contributed by atoms with Gasteiger partial charge in [-0.1, -0.05) is 66.2 Å². The maximum absolute atomic E-state index is 13.9. The Bertz CT molecular complexity index is 1340. The third-order valence-electron chi connectivity index (χ3n) is 6.80. The maximum atomic E-state index is 13.9. The van der Waals surface area contributed by atoms with Crippen LogP contribution in [0, 0.1) is 0 Å². The predicted molar refractivity (Wildman–Crippen MR) is 141 cm³/mol. The number of rotatable bonds is 5. The molecule has 3 aromatic carbocycles. The molecule has 2 aliphatic rings. The summed E-state index contributed by atoms with van der Waals surface area (Å²) in [5.74, 6) is -0.483. The lowest BCUT2D eigenvalue weighted by Crippen LogP contribution is -2.73. The van der Waals surface area contributed by atoms with Crippen LogP contribution in [0.15, 0.2) is 78.9 Å². The number of hydrazine groups is 1. The molecule has 0 spiro atoms. The van der Waals surface area contributed by atoms with Gasteiger partial charge in [0.2, 0.25) is 5.91 Å². The van der Waals surface area contributed by atoms with Crippen LogP contribution in [0.4, 0.5) is 4.79 Å². The summed E-state index contributed by atoms with van der Waals surface area (Å²) in [6.45, 7) is 0.632. The number of aromatic hydroxyl groups is 1. The average molecular weight is 534 g/mol. The predicted octanol–water partition coefficient (Wildman–Crippen LogP) is 3.36. The van der Waals surface area contributed by atoms with Gasteiger partial charge in [-0.25, -0.2) is 14.8 Å². The summed E-state index contributed by atoms with van der Waals surface area (Å²) >= 11 is 6.19. The summed E-state index contributed by atoms with van der Waals surface area (Å²) in [6, 6.07) is 21.7. The number of piperazine rings is 1. The molecule has 2 N–H and O–H groups in total. The van der Waals surface area contributed by atoms with Gasteiger partial charge < -0.3 is 20.2 Å². The lowest BCUT2D eigenvalue weighted by molar-refractivity contribution is -0.188. The number of likely N-dealkylation sites (N-methyl/N-ethyl adjacent to an activating group) is 1. The van der Waals surface area contributed by atoms with Gasteiger partial charge in [-0.05, 0) is 41.0 Å². The number of urea groups is 1. The number of phenolic OH excluding ortho intramolecular Hbond substituents is 1. The second-order valence-corrected chi connectivity index (χ2v) is 9.87. The van der Waals surface area contributed by atoms with Gasteiger partial charge in [-0.15, -0.1) is 0 Å². The molecule has 3 aromatic rings. The fourth-order valence-electron chi connectivity index (χ4n) is 5.03. The van der Waals surface area contributed by atoms with Crippen molar-refractivity contribution >= 4 is 29.4 Å². The van der Waals surface area contributed by atoms with Crippen molar-refractivity contribution in [3.63, 3.8) is 0 Å². The minimum Gasteiger partial charge on any atom is -0.508 e. The number of halogens is 1. The zero-order valence-corrected chi connectivity index (χ0v) is 21.6. The number of nitrogens with one attached hydrogen (secondary N) is 1. The highest BCUT2D eigenvalue weighted by Crippen LogP contribution is 2.35. The van der Waals surface area contributed by atoms with Crippen LogP contribution in [0.2, 0.25) is 5.02 Å². The third kappa shape index (κ3) is 5.16. The number of carbonyl (C=O) groups is 3. The van der Waals surface area contributed by atoms with Crippen LogP contribution in [0.5, 0.6) is 5.75 Å². The van der Waals surface area contributed by atoms with Crippen molar-refractivity contribution in [2.24, 2.45) is 0 Å². The molecule has 5 rings (SSSR count). The number of phenols is 1. The van der Waals surface area contributed by atoms with Gasteiger partial charge in [0.25, 0.3) is 5.91 Å². The summed E-state index contributed by atoms with van der Waals surface area (Å²) in [5.41, 5.74) is 2.33. The highest BCUT2D eigenvalue weighted by Gasteiger charge is 2.51. The fourth-order valence-corrected chi connectivity index (χ4v) is 5.24. The minimum absolute atomic E-state index is 0.0518. The summed E-state index contributed by atoms with van der Waals surface area (Å²) in [7, 11) is 1.69. The standard InChI is InChI=1S/C28H28ClN5O4/c1-31-18-25(36)33-24(34(31)28(38)30-15-19-6-3-2-4-7-19)17-32(16-20-8-5-9-22(29)14-20)27(37)26(33)21-10-12-23(35)13-11-21/h2-14,24,26,35H,15-18H2,1H3,(H,30,38)/t24-,26-/m1/s1. The van der Waals surface area contributed by atoms with E-state index in [1.54, 1.807) is 41.2 Å². The lowest BCUT2D eigenvalue weighted by atomic mass is 9.98. The van der Waals surface area contributed by atoms with E-state index in [0.717, 1.165) is 11.1 Å². The Morgan fingerprint density at radius 2 is 1.71 bits per heavy atom. The van der Waals surface area contributed by atoms with Crippen molar-refractivity contribution in [3.8, 4) is 5.75 Å². The highest BCUT2D eigenvalue weighted by atomic mass is 35.5. The SMILES string of the molecule is CN1CC(=O)N2[C@@H](CN(Cc3cccc(Cl)c3)C(=O)[C@H]2c2ccc(O)cc2)N1C(=O)NCc1ccccc1. The lowest BCUT2D eigenvalue weighted by Gasteiger charge is -2.54. The first-order chi connectivity index (χ1) is 18.3. The zero-order valence-electron chi connectivity index (χ0n) is 20.8. The molecule has 38 heavy (non-hydrogen) atoms. The molecule has 4 amide bonds. The molecule has 0 saturated carbocycles. The van der Waals surface area contributed by atoms with Gasteiger partial charge in [0.1, 0.15) is 18.0 Å². The Hall–Kier alpha value is -4.08. The van der Waals surface area contributed by atoms with Gasteiger partial charge in [0, 0.05) is 25.2 Å². The smallest absolute Gasteiger partial charge is 0.334 e. The van der Waals surface area contributed by atoms with Crippen LogP contribution in [0.3, 0.4) is 0 Å². The van der Waals surface area contributed by atoms with E-state index in [2.05, 4.69) is 5.32 Å². The molecule has 0 aliphatic carbocycles. The molecular weight excluding hydrogens is 506 g/mol. The Kier molecular flexibility index (Phi) is 7.22. The van der Waals surface area contributed by atoms with Crippen LogP contribution in [0.1, 0.15) is 22.7 Å². The summed E-state index contributed by atoms with van der Waals surface area (Å²) in [6.07, 6.45) is -0.743. The van der Waals surface area contributed by atoms with Crippen LogP contribution in [-0.4, -0.2) is 69.1 Å². The number of amides is 4. The van der Waals surface area contributed by atoms with Crippen molar-refractivity contribution in [2.75, 3.05) is 20.1 Å². The molecular formula is C28H28ClN5O4. The number of carbonyl (C=O) groups excluding carboxylic acids is 3. The van der Waals surface area contributed by atoms with E-state index in [9.17, 15) is 19.5 Å². The van der Waals surface area contributed by atoms with E-state index < -0.39 is 12.2 Å². The van der Waals surface area contributed by atoms with Gasteiger partial charge in [0.05, 0.1) is 13.1 Å². The topological polar surface area (TPSA) is 96.4 Å². The van der Waals surface area contributed by atoms with Crippen molar-refractivity contribution in [1.82, 2.24) is 25.1 Å². The van der Waals surface area contributed by atoms with E-state index in [-0.39, 0.29) is 43.2 Å². The number of fused-ring (bicyclic) bond motifs is 1. The first kappa shape index (κ1) is 25.6. The maximum Gasteiger partial charge on any atom is 0.334 e.